The number of nitrogens with one attached hydrogen (secondary N) is 1. The number of sulfone groups is 1. The zero-order valence-electron chi connectivity index (χ0n) is 7.07. The molecule has 1 unspecified atom stereocenters. The van der Waals surface area contributed by atoms with Crippen molar-refractivity contribution in [2.75, 3.05) is 12.3 Å². The van der Waals surface area contributed by atoms with E-state index in [1.165, 1.54) is 6.92 Å². The van der Waals surface area contributed by atoms with Crippen LogP contribution in [0.2, 0.25) is 0 Å². The monoisotopic (exact) mass is 195 g/mol. The Morgan fingerprint density at radius 2 is 2.00 bits per heavy atom. The molecule has 0 saturated carbocycles. The highest BCUT2D eigenvalue weighted by Crippen LogP contribution is 1.98. The normalized spacial score (nSPS) is 14.2. The van der Waals surface area contributed by atoms with Crippen LogP contribution >= 0.6 is 0 Å². The van der Waals surface area contributed by atoms with Gasteiger partial charge in [-0.05, 0) is 6.54 Å². The summed E-state index contributed by atoms with van der Waals surface area (Å²) < 4.78 is 22.2. The summed E-state index contributed by atoms with van der Waals surface area (Å²) in [6, 6.07) is 0. The van der Waals surface area contributed by atoms with E-state index in [1.807, 2.05) is 0 Å². The molecular formula is C6H13NO4S. The van der Waals surface area contributed by atoms with Crippen molar-refractivity contribution in [2.45, 2.75) is 19.2 Å². The van der Waals surface area contributed by atoms with Gasteiger partial charge in [-0.2, -0.15) is 0 Å². The summed E-state index contributed by atoms with van der Waals surface area (Å²) in [5, 5.41) is 9.45. The molecule has 12 heavy (non-hydrogen) atoms. The fraction of sp³-hybridized carbons (Fsp3) is 0.833. The molecule has 0 aliphatic rings. The predicted octanol–water partition coefficient (Wildman–Crippen LogP) is -0.559. The molecule has 0 radical (unpaired) electrons. The minimum Gasteiger partial charge on any atom is -0.479 e. The van der Waals surface area contributed by atoms with Crippen LogP contribution in [0.1, 0.15) is 13.8 Å². The second kappa shape index (κ2) is 4.42. The van der Waals surface area contributed by atoms with Crippen molar-refractivity contribution in [3.05, 3.63) is 0 Å². The van der Waals surface area contributed by atoms with Crippen LogP contribution in [0.3, 0.4) is 0 Å². The van der Waals surface area contributed by atoms with Crippen LogP contribution in [0.25, 0.3) is 0 Å². The number of carboxylic acid groups (broad SMARTS) is 1. The minimum atomic E-state index is -3.53. The standard InChI is InChI=1S/C6H13NO4S/c1-3-7-5(6(8)9)12(10,11)4-2/h5,7H,3-4H2,1-2H3,(H,8,9). The van der Waals surface area contributed by atoms with Crippen molar-refractivity contribution in [2.24, 2.45) is 0 Å². The fourth-order valence-corrected chi connectivity index (χ4v) is 1.78. The number of rotatable bonds is 5. The molecule has 0 rings (SSSR count). The molecule has 0 aromatic rings. The molecule has 0 bridgehead atoms. The highest BCUT2D eigenvalue weighted by atomic mass is 32.2. The van der Waals surface area contributed by atoms with Gasteiger partial charge in [0.1, 0.15) is 0 Å². The summed E-state index contributed by atoms with van der Waals surface area (Å²) in [6.07, 6.45) is 0. The Morgan fingerprint density at radius 3 is 2.25 bits per heavy atom. The smallest absolute Gasteiger partial charge is 0.336 e. The first-order valence-corrected chi connectivity index (χ1v) is 5.35. The van der Waals surface area contributed by atoms with Crippen molar-refractivity contribution in [1.82, 2.24) is 5.32 Å². The van der Waals surface area contributed by atoms with E-state index in [-0.39, 0.29) is 5.75 Å². The van der Waals surface area contributed by atoms with Gasteiger partial charge >= 0.3 is 5.97 Å². The summed E-state index contributed by atoms with van der Waals surface area (Å²) in [4.78, 5) is 10.5. The summed E-state index contributed by atoms with van der Waals surface area (Å²) >= 11 is 0. The van der Waals surface area contributed by atoms with Crippen molar-refractivity contribution in [1.29, 1.82) is 0 Å². The Balaban J connectivity index is 4.63. The predicted molar refractivity (Wildman–Crippen MR) is 44.6 cm³/mol. The van der Waals surface area contributed by atoms with E-state index in [0.29, 0.717) is 6.54 Å². The zero-order valence-corrected chi connectivity index (χ0v) is 7.89. The SMILES string of the molecule is CCNC(C(=O)O)S(=O)(=O)CC. The molecule has 1 atom stereocenters. The lowest BCUT2D eigenvalue weighted by molar-refractivity contribution is -0.137. The molecule has 2 N–H and O–H groups in total. The lowest BCUT2D eigenvalue weighted by atomic mass is 10.6. The van der Waals surface area contributed by atoms with Gasteiger partial charge in [-0.25, -0.2) is 13.2 Å². The lowest BCUT2D eigenvalue weighted by Crippen LogP contribution is -2.43. The molecule has 0 saturated heterocycles. The molecule has 72 valence electrons. The first-order chi connectivity index (χ1) is 5.45. The first-order valence-electron chi connectivity index (χ1n) is 3.63. The van der Waals surface area contributed by atoms with Crippen LogP contribution in [-0.2, 0) is 14.6 Å². The Labute approximate surface area is 71.7 Å². The quantitative estimate of drug-likeness (QED) is 0.614. The highest BCUT2D eigenvalue weighted by molar-refractivity contribution is 7.92. The summed E-state index contributed by atoms with van der Waals surface area (Å²) in [5.41, 5.74) is 0. The Bertz CT molecular complexity index is 246. The average molecular weight is 195 g/mol. The van der Waals surface area contributed by atoms with E-state index in [0.717, 1.165) is 0 Å². The molecule has 5 nitrogen and oxygen atoms in total. The molecule has 0 aromatic heterocycles. The second-order valence-corrected chi connectivity index (χ2v) is 4.60. The van der Waals surface area contributed by atoms with Gasteiger partial charge in [0.2, 0.25) is 5.37 Å². The molecule has 0 aliphatic heterocycles. The molecule has 0 aromatic carbocycles. The summed E-state index contributed by atoms with van der Waals surface area (Å²) in [6.45, 7) is 3.39. The third-order valence-corrected chi connectivity index (χ3v) is 3.27. The first kappa shape index (κ1) is 11.4. The zero-order chi connectivity index (χ0) is 9.78. The molecule has 6 heteroatoms. The Hall–Kier alpha value is -0.620. The average Bonchev–Trinajstić information content (AvgIpc) is 1.99. The third-order valence-electron chi connectivity index (χ3n) is 1.38. The molecule has 0 fully saturated rings. The number of hydrogen-bond acceptors (Lipinski definition) is 4. The van der Waals surface area contributed by atoms with Crippen LogP contribution < -0.4 is 5.32 Å². The maximum Gasteiger partial charge on any atom is 0.336 e. The second-order valence-electron chi connectivity index (χ2n) is 2.23. The van der Waals surface area contributed by atoms with Crippen molar-refractivity contribution < 1.29 is 18.3 Å². The number of aliphatic carboxylic acids is 1. The van der Waals surface area contributed by atoms with Crippen molar-refractivity contribution >= 4 is 15.8 Å². The molecule has 0 aliphatic carbocycles. The number of carboxylic acids is 1. The number of carbonyl (C=O) groups is 1. The fourth-order valence-electron chi connectivity index (χ4n) is 0.720. The van der Waals surface area contributed by atoms with Crippen LogP contribution in [0.4, 0.5) is 0 Å². The molecule has 0 spiro atoms. The van der Waals surface area contributed by atoms with E-state index < -0.39 is 21.2 Å². The third kappa shape index (κ3) is 2.78. The van der Waals surface area contributed by atoms with Crippen LogP contribution in [-0.4, -0.2) is 37.2 Å². The maximum absolute atomic E-state index is 11.1. The number of likely N-dealkylation sites (N-methyl/N-ethyl adjacent to an activating group) is 1. The van der Waals surface area contributed by atoms with E-state index in [9.17, 15) is 13.2 Å². The van der Waals surface area contributed by atoms with E-state index >= 15 is 0 Å². The van der Waals surface area contributed by atoms with E-state index in [2.05, 4.69) is 5.32 Å². The number of hydrogen-bond donors (Lipinski definition) is 2. The molecule has 0 amide bonds. The largest absolute Gasteiger partial charge is 0.479 e. The Kier molecular flexibility index (Phi) is 4.19. The molecule has 0 heterocycles. The minimum absolute atomic E-state index is 0.170. The van der Waals surface area contributed by atoms with Gasteiger partial charge in [0.05, 0.1) is 0 Å². The van der Waals surface area contributed by atoms with Crippen molar-refractivity contribution in [3.8, 4) is 0 Å². The summed E-state index contributed by atoms with van der Waals surface area (Å²) in [7, 11) is -3.53. The maximum atomic E-state index is 11.1. The van der Waals surface area contributed by atoms with Crippen LogP contribution in [0.5, 0.6) is 0 Å². The van der Waals surface area contributed by atoms with Gasteiger partial charge in [0, 0.05) is 5.75 Å². The Morgan fingerprint density at radius 1 is 1.50 bits per heavy atom. The van der Waals surface area contributed by atoms with Crippen LogP contribution in [0, 0.1) is 0 Å². The highest BCUT2D eigenvalue weighted by Gasteiger charge is 2.29. The van der Waals surface area contributed by atoms with Gasteiger partial charge < -0.3 is 5.11 Å². The van der Waals surface area contributed by atoms with E-state index in [1.54, 1.807) is 6.92 Å². The lowest BCUT2D eigenvalue weighted by Gasteiger charge is -2.11. The van der Waals surface area contributed by atoms with Gasteiger partial charge in [-0.3, -0.25) is 5.32 Å². The van der Waals surface area contributed by atoms with E-state index in [4.69, 9.17) is 5.11 Å². The van der Waals surface area contributed by atoms with Gasteiger partial charge in [-0.1, -0.05) is 13.8 Å². The molecular weight excluding hydrogens is 182 g/mol. The van der Waals surface area contributed by atoms with Gasteiger partial charge in [0.15, 0.2) is 9.84 Å². The van der Waals surface area contributed by atoms with Gasteiger partial charge in [-0.15, -0.1) is 0 Å². The van der Waals surface area contributed by atoms with Gasteiger partial charge in [0.25, 0.3) is 0 Å². The van der Waals surface area contributed by atoms with Crippen molar-refractivity contribution in [3.63, 3.8) is 0 Å². The topological polar surface area (TPSA) is 83.5 Å². The summed E-state index contributed by atoms with van der Waals surface area (Å²) in [5.74, 6) is -1.52. The van der Waals surface area contributed by atoms with Crippen LogP contribution in [0.15, 0.2) is 0 Å².